The molecule has 2 bridgehead atoms. The summed E-state index contributed by atoms with van der Waals surface area (Å²) in [4.78, 5) is 7.43. The van der Waals surface area contributed by atoms with Gasteiger partial charge in [0.15, 0.2) is 0 Å². The molecule has 83 heavy (non-hydrogen) atoms. The molecule has 7 aromatic carbocycles. The zero-order valence-electron chi connectivity index (χ0n) is 47.5. The van der Waals surface area contributed by atoms with E-state index >= 15 is 0 Å². The first kappa shape index (κ1) is 48.0. The predicted molar refractivity (Wildman–Crippen MR) is 345 cm³/mol. The number of hydrogen-bond acceptors (Lipinski definition) is 2. The van der Waals surface area contributed by atoms with Gasteiger partial charge in [-0.1, -0.05) is 165 Å². The van der Waals surface area contributed by atoms with E-state index < -0.39 is 0 Å². The van der Waals surface area contributed by atoms with E-state index in [9.17, 15) is 0 Å². The van der Waals surface area contributed by atoms with E-state index in [0.29, 0.717) is 35.5 Å². The molecule has 0 N–H and O–H groups in total. The molecule has 9 aliphatic rings. The molecule has 9 aromatic rings. The molecule has 0 radical (unpaired) electrons. The van der Waals surface area contributed by atoms with E-state index in [1.807, 2.05) is 12.3 Å². The molecule has 2 aromatic heterocycles. The summed E-state index contributed by atoms with van der Waals surface area (Å²) in [6.07, 6.45) is 39.2. The number of hydrogen-bond donors (Lipinski definition) is 0. The Morgan fingerprint density at radius 3 is 2.12 bits per heavy atom. The van der Waals surface area contributed by atoms with E-state index in [1.54, 1.807) is 16.7 Å². The number of para-hydroxylation sites is 1. The fourth-order valence-electron chi connectivity index (χ4n) is 16.6. The van der Waals surface area contributed by atoms with Crippen LogP contribution in [0, 0.1) is 35.5 Å². The van der Waals surface area contributed by atoms with Crippen molar-refractivity contribution in [2.75, 3.05) is 4.90 Å². The number of rotatable bonds is 7. The summed E-state index contributed by atoms with van der Waals surface area (Å²) in [5.41, 5.74) is 27.1. The molecule has 8 atom stereocenters. The number of fused-ring (bicyclic) bond motifs is 14. The minimum atomic E-state index is 0.00430. The first-order valence-corrected chi connectivity index (χ1v) is 31.2. The van der Waals surface area contributed by atoms with Gasteiger partial charge in [0, 0.05) is 51.8 Å². The van der Waals surface area contributed by atoms with Crippen LogP contribution in [0.5, 0.6) is 0 Å². The molecule has 8 unspecified atom stereocenters. The van der Waals surface area contributed by atoms with E-state index in [-0.39, 0.29) is 5.41 Å². The highest BCUT2D eigenvalue weighted by atomic mass is 15.2. The van der Waals surface area contributed by atoms with Gasteiger partial charge in [0.1, 0.15) is 0 Å². The zero-order valence-corrected chi connectivity index (χ0v) is 47.5. The third-order valence-electron chi connectivity index (χ3n) is 21.3. The fourth-order valence-corrected chi connectivity index (χ4v) is 16.6. The SMILES string of the molecule is CCC1(C)CC2=C(Cc3cc4c(-c5ccc(-c6cc(N7C8=CC(/C=C\C/C=C\8)C8=C7C7CC7C=CC8)cc(-n7c8c(c9ccccc97)C7CC7C=C8)c6)cc5)c5ccccc5c(-c5ccc(-c6ccccn6)cc5)c4cc31)C1CC1CC=C2. The maximum atomic E-state index is 4.73. The van der Waals surface area contributed by atoms with Gasteiger partial charge in [-0.15, -0.1) is 0 Å². The average molecular weight is 1070 g/mol. The largest absolute Gasteiger partial charge is 0.314 e. The Hall–Kier alpha value is -8.53. The lowest BCUT2D eigenvalue weighted by Gasteiger charge is -2.38. The smallest absolute Gasteiger partial charge is 0.0701 e. The number of anilines is 1. The molecule has 0 spiro atoms. The van der Waals surface area contributed by atoms with Gasteiger partial charge >= 0.3 is 0 Å². The molecule has 3 nitrogen and oxygen atoms in total. The van der Waals surface area contributed by atoms with Crippen molar-refractivity contribution in [3.63, 3.8) is 0 Å². The molecular weight excluding hydrogens is 1000 g/mol. The van der Waals surface area contributed by atoms with Crippen LogP contribution in [0.2, 0.25) is 0 Å². The summed E-state index contributed by atoms with van der Waals surface area (Å²) in [7, 11) is 0. The van der Waals surface area contributed by atoms with Crippen molar-refractivity contribution >= 4 is 44.2 Å². The van der Waals surface area contributed by atoms with Crippen molar-refractivity contribution in [3.05, 3.63) is 263 Å². The van der Waals surface area contributed by atoms with Crippen molar-refractivity contribution in [1.29, 1.82) is 0 Å². The number of nitrogens with zero attached hydrogens (tertiary/aromatic N) is 3. The highest BCUT2D eigenvalue weighted by molar-refractivity contribution is 6.22. The number of benzene rings is 7. The van der Waals surface area contributed by atoms with Crippen LogP contribution in [0.25, 0.3) is 88.8 Å². The molecule has 0 amide bonds. The second-order valence-corrected chi connectivity index (χ2v) is 26.1. The van der Waals surface area contributed by atoms with E-state index in [1.165, 1.54) is 137 Å². The Morgan fingerprint density at radius 1 is 0.578 bits per heavy atom. The monoisotopic (exact) mass is 1070 g/mol. The first-order valence-electron chi connectivity index (χ1n) is 31.2. The van der Waals surface area contributed by atoms with Crippen LogP contribution in [0.1, 0.15) is 93.5 Å². The summed E-state index contributed by atoms with van der Waals surface area (Å²) in [5.74, 6) is 4.22. The third-order valence-corrected chi connectivity index (χ3v) is 21.3. The summed E-state index contributed by atoms with van der Waals surface area (Å²) in [6, 6.07) is 56.5. The number of pyridine rings is 1. The van der Waals surface area contributed by atoms with Crippen LogP contribution in [0.15, 0.2) is 241 Å². The quantitative estimate of drug-likeness (QED) is 0.117. The molecule has 18 rings (SSSR count). The zero-order chi connectivity index (χ0) is 54.7. The molecular formula is C80H67N3. The lowest BCUT2D eigenvalue weighted by Crippen LogP contribution is -2.30. The highest BCUT2D eigenvalue weighted by Gasteiger charge is 2.47. The standard InChI is InChI=1S/C80H67N3/c1-3-80(2)47-56-18-13-16-53-40-66(53)67(56)43-58-44-70-71(46-72(58)80)77(51-32-28-49(29-33-51)73-24-11-12-36-81-73)64-21-8-7-20-63(64)76(70)50-30-26-48(27-31-50)57-38-60(82-59-19-6-4-5-15-52(37-59)62-23-14-17-54-42-69(54)79(62)82)45-61(39-57)83-74-25-10-9-22-65(74)78-68-41-55(68)34-35-75(78)83/h5-15,17-22,24-39,44-46,52-55,66,68-69H,3-4,16,23,40-43,47H2,1-2H3/b15-5-,19-6-. The van der Waals surface area contributed by atoms with Crippen LogP contribution in [-0.2, 0) is 11.8 Å². The highest BCUT2D eigenvalue weighted by Crippen LogP contribution is 2.59. The second-order valence-electron chi connectivity index (χ2n) is 26.1. The van der Waals surface area contributed by atoms with Crippen LogP contribution in [0.3, 0.4) is 0 Å². The molecule has 3 saturated carbocycles. The average Bonchev–Trinajstić information content (AvgIpc) is 2.05. The first-order chi connectivity index (χ1) is 40.9. The Balaban J connectivity index is 0.840. The number of aromatic nitrogens is 2. The molecule has 3 heteroatoms. The molecule has 8 aliphatic carbocycles. The van der Waals surface area contributed by atoms with Gasteiger partial charge in [-0.25, -0.2) is 0 Å². The summed E-state index contributed by atoms with van der Waals surface area (Å²) in [5, 5.41) is 6.67. The van der Waals surface area contributed by atoms with Gasteiger partial charge in [-0.05, 0) is 242 Å². The Kier molecular flexibility index (Phi) is 10.6. The van der Waals surface area contributed by atoms with E-state index in [2.05, 4.69) is 230 Å². The van der Waals surface area contributed by atoms with Crippen molar-refractivity contribution in [2.24, 2.45) is 35.5 Å². The molecule has 1 aliphatic heterocycles. The second kappa shape index (κ2) is 18.2. The van der Waals surface area contributed by atoms with Gasteiger partial charge in [0.25, 0.3) is 0 Å². The van der Waals surface area contributed by atoms with Gasteiger partial charge in [0.05, 0.1) is 16.9 Å². The minimum absolute atomic E-state index is 0.00430. The number of allylic oxidation sites excluding steroid dienone is 14. The van der Waals surface area contributed by atoms with E-state index in [0.717, 1.165) is 49.3 Å². The maximum Gasteiger partial charge on any atom is 0.0701 e. The Labute approximate surface area is 487 Å². The topological polar surface area (TPSA) is 21.1 Å². The lowest BCUT2D eigenvalue weighted by atomic mass is 9.73. The van der Waals surface area contributed by atoms with Gasteiger partial charge in [-0.3, -0.25) is 4.98 Å². The van der Waals surface area contributed by atoms with Crippen molar-refractivity contribution < 1.29 is 0 Å². The molecule has 0 saturated heterocycles. The minimum Gasteiger partial charge on any atom is -0.314 e. The Bertz CT molecular complexity index is 4530. The van der Waals surface area contributed by atoms with Gasteiger partial charge < -0.3 is 9.47 Å². The van der Waals surface area contributed by atoms with Gasteiger partial charge in [-0.2, -0.15) is 0 Å². The van der Waals surface area contributed by atoms with Crippen molar-refractivity contribution in [1.82, 2.24) is 9.55 Å². The predicted octanol–water partition coefficient (Wildman–Crippen LogP) is 20.3. The van der Waals surface area contributed by atoms with Crippen LogP contribution in [-0.4, -0.2) is 9.55 Å². The Morgan fingerprint density at radius 2 is 1.31 bits per heavy atom. The van der Waals surface area contributed by atoms with Crippen LogP contribution >= 0.6 is 0 Å². The summed E-state index contributed by atoms with van der Waals surface area (Å²) < 4.78 is 2.60. The van der Waals surface area contributed by atoms with E-state index in [4.69, 9.17) is 4.98 Å². The molecule has 402 valence electrons. The normalized spacial score (nSPS) is 26.5. The van der Waals surface area contributed by atoms with Crippen LogP contribution in [0.4, 0.5) is 5.69 Å². The van der Waals surface area contributed by atoms with Crippen molar-refractivity contribution in [3.8, 4) is 50.3 Å². The maximum absolute atomic E-state index is 4.73. The summed E-state index contributed by atoms with van der Waals surface area (Å²) in [6.45, 7) is 4.98. The summed E-state index contributed by atoms with van der Waals surface area (Å²) >= 11 is 0. The molecule has 3 heterocycles. The molecule has 3 fully saturated rings. The fraction of sp³-hybridized carbons (Fsp3) is 0.237. The third kappa shape index (κ3) is 7.58. The van der Waals surface area contributed by atoms with Crippen molar-refractivity contribution in [2.45, 2.75) is 83.0 Å². The van der Waals surface area contributed by atoms with Crippen LogP contribution < -0.4 is 4.90 Å². The van der Waals surface area contributed by atoms with Gasteiger partial charge in [0.2, 0.25) is 0 Å². The lowest BCUT2D eigenvalue weighted by molar-refractivity contribution is 0.454.